The number of nitrogens with zero attached hydrogens (tertiary/aromatic N) is 4. The Bertz CT molecular complexity index is 1690. The van der Waals surface area contributed by atoms with Crippen LogP contribution in [-0.4, -0.2) is 87.0 Å². The number of nitrogens with two attached hydrogens (primary N) is 2. The molecule has 4 heterocycles. The number of imidazole rings is 1. The van der Waals surface area contributed by atoms with E-state index in [1.165, 1.54) is 12.7 Å². The van der Waals surface area contributed by atoms with Gasteiger partial charge in [-0.25, -0.2) is 24.3 Å². The fourth-order valence-corrected chi connectivity index (χ4v) is 7.20. The number of anilines is 1. The van der Waals surface area contributed by atoms with Crippen molar-refractivity contribution >= 4 is 36.7 Å². The maximum atomic E-state index is 14.4. The zero-order chi connectivity index (χ0) is 36.8. The van der Waals surface area contributed by atoms with Gasteiger partial charge in [0.25, 0.3) is 5.91 Å². The molecule has 0 spiro atoms. The lowest BCUT2D eigenvalue weighted by Gasteiger charge is -2.27. The molecule has 0 aliphatic carbocycles. The van der Waals surface area contributed by atoms with Gasteiger partial charge in [0.2, 0.25) is 0 Å². The molecular formula is C33H49N8O9P. The van der Waals surface area contributed by atoms with Gasteiger partial charge in [-0.3, -0.25) is 23.5 Å². The molecule has 51 heavy (non-hydrogen) atoms. The second kappa shape index (κ2) is 16.3. The predicted molar refractivity (Wildman–Crippen MR) is 186 cm³/mol. The zero-order valence-electron chi connectivity index (χ0n) is 29.7. The number of fused-ring (bicyclic) bond motifs is 2. The first-order valence-corrected chi connectivity index (χ1v) is 18.6. The molecule has 3 aromatic rings. The van der Waals surface area contributed by atoms with Crippen LogP contribution in [0, 0.1) is 0 Å². The highest BCUT2D eigenvalue weighted by atomic mass is 31.2. The Morgan fingerprint density at radius 3 is 2.49 bits per heavy atom. The highest BCUT2D eigenvalue weighted by Crippen LogP contribution is 2.48. The van der Waals surface area contributed by atoms with Crippen molar-refractivity contribution in [3.05, 3.63) is 48.5 Å². The van der Waals surface area contributed by atoms with Crippen LogP contribution in [0.2, 0.25) is 0 Å². The number of rotatable bonds is 16. The minimum absolute atomic E-state index is 0.0278. The van der Waals surface area contributed by atoms with Crippen LogP contribution < -0.4 is 21.9 Å². The average Bonchev–Trinajstić information content (AvgIpc) is 3.72. The van der Waals surface area contributed by atoms with E-state index in [0.717, 1.165) is 24.8 Å². The number of hydrogen-bond donors (Lipinski definition) is 4. The second-order valence-corrected chi connectivity index (χ2v) is 15.6. The lowest BCUT2D eigenvalue weighted by Crippen LogP contribution is -2.49. The topological polar surface area (TPSA) is 226 Å². The molecule has 2 amide bonds. The molecular weight excluding hydrogens is 683 g/mol. The average molecular weight is 733 g/mol. The van der Waals surface area contributed by atoms with Crippen molar-refractivity contribution in [2.24, 2.45) is 5.73 Å². The summed E-state index contributed by atoms with van der Waals surface area (Å²) in [6.45, 7) is 8.96. The van der Waals surface area contributed by atoms with E-state index in [2.05, 4.69) is 25.4 Å². The van der Waals surface area contributed by atoms with E-state index < -0.39 is 61.7 Å². The standard InChI is InChI=1S/C33H49N8O9P/c1-32(2,3)50-31(43)39-22(17-21-13-9-8-10-14-21)29(42)40-51(44,45-16-12-7-6-11-15-34)46-18-23-25-26(49-33(4,5)48-25)30(47-23)41-20-38-24-27(35)36-19-37-28(24)41/h8-10,13-14,19-20,22-23,25-26,30H,6-7,11-12,15-18,34H2,1-5H3,(H,39,43)(H2,35,36,37)(H,40,42,44)/t22-,23+,25+,26+,30+,51?/m0/s1. The molecule has 280 valence electrons. The van der Waals surface area contributed by atoms with E-state index in [9.17, 15) is 14.2 Å². The summed E-state index contributed by atoms with van der Waals surface area (Å²) < 4.78 is 52.0. The monoisotopic (exact) mass is 732 g/mol. The fraction of sp³-hybridized carbons (Fsp3) is 0.606. The van der Waals surface area contributed by atoms with Gasteiger partial charge in [-0.2, -0.15) is 0 Å². The van der Waals surface area contributed by atoms with Gasteiger partial charge in [-0.15, -0.1) is 0 Å². The van der Waals surface area contributed by atoms with Crippen molar-refractivity contribution in [3.63, 3.8) is 0 Å². The van der Waals surface area contributed by atoms with Crippen LogP contribution in [0.15, 0.2) is 43.0 Å². The second-order valence-electron chi connectivity index (χ2n) is 13.9. The van der Waals surface area contributed by atoms with Gasteiger partial charge in [0.05, 0.1) is 19.5 Å². The summed E-state index contributed by atoms with van der Waals surface area (Å²) in [6, 6.07) is 7.90. The van der Waals surface area contributed by atoms with Gasteiger partial charge in [0.1, 0.15) is 41.8 Å². The summed E-state index contributed by atoms with van der Waals surface area (Å²) in [5, 5.41) is 5.07. The Balaban J connectivity index is 1.35. The zero-order valence-corrected chi connectivity index (χ0v) is 30.5. The molecule has 2 aliphatic heterocycles. The summed E-state index contributed by atoms with van der Waals surface area (Å²) >= 11 is 0. The van der Waals surface area contributed by atoms with Crippen molar-refractivity contribution in [3.8, 4) is 0 Å². The number of amides is 2. The number of carbonyl (C=O) groups excluding carboxylic acids is 2. The Labute approximate surface area is 297 Å². The number of aromatic nitrogens is 4. The SMILES string of the molecule is CC(C)(C)OC(=O)N[C@@H](Cc1ccccc1)C(=O)NP(=O)(OCCCCCCN)OC[C@H]1O[C@@H](n2cnc3c(N)ncnc32)[C@@H]2OC(C)(C)O[C@@H]21. The number of ether oxygens (including phenoxy) is 4. The lowest BCUT2D eigenvalue weighted by atomic mass is 10.1. The molecule has 1 aromatic carbocycles. The van der Waals surface area contributed by atoms with Crippen LogP contribution in [-0.2, 0) is 43.8 Å². The molecule has 5 rings (SSSR count). The van der Waals surface area contributed by atoms with Gasteiger partial charge in [-0.1, -0.05) is 43.2 Å². The van der Waals surface area contributed by atoms with Gasteiger partial charge < -0.3 is 35.7 Å². The quantitative estimate of drug-likeness (QED) is 0.122. The number of carbonyl (C=O) groups is 2. The van der Waals surface area contributed by atoms with E-state index in [1.807, 2.05) is 30.3 Å². The first kappa shape index (κ1) is 38.5. The lowest BCUT2D eigenvalue weighted by molar-refractivity contribution is -0.199. The van der Waals surface area contributed by atoms with Crippen molar-refractivity contribution in [2.45, 2.75) is 109 Å². The van der Waals surface area contributed by atoms with Crippen molar-refractivity contribution < 1.29 is 42.1 Å². The summed E-state index contributed by atoms with van der Waals surface area (Å²) in [4.78, 5) is 39.3. The molecule has 0 saturated carbocycles. The molecule has 2 saturated heterocycles. The summed E-state index contributed by atoms with van der Waals surface area (Å²) in [5.41, 5.74) is 12.4. The van der Waals surface area contributed by atoms with Crippen molar-refractivity contribution in [1.82, 2.24) is 29.9 Å². The minimum atomic E-state index is -4.37. The number of nitrogens with one attached hydrogen (secondary N) is 2. The Hall–Kier alpha value is -3.70. The van der Waals surface area contributed by atoms with Gasteiger partial charge in [-0.05, 0) is 59.6 Å². The molecule has 6 atom stereocenters. The van der Waals surface area contributed by atoms with Crippen LogP contribution >= 0.6 is 7.75 Å². The van der Waals surface area contributed by atoms with Crippen LogP contribution in [0.4, 0.5) is 10.6 Å². The van der Waals surface area contributed by atoms with E-state index in [4.69, 9.17) is 39.5 Å². The molecule has 1 unspecified atom stereocenters. The van der Waals surface area contributed by atoms with E-state index in [-0.39, 0.29) is 25.5 Å². The molecule has 2 fully saturated rings. The molecule has 17 nitrogen and oxygen atoms in total. The molecule has 6 N–H and O–H groups in total. The minimum Gasteiger partial charge on any atom is -0.444 e. The highest BCUT2D eigenvalue weighted by molar-refractivity contribution is 7.52. The number of benzene rings is 1. The van der Waals surface area contributed by atoms with Crippen LogP contribution in [0.25, 0.3) is 11.2 Å². The maximum Gasteiger partial charge on any atom is 0.435 e. The summed E-state index contributed by atoms with van der Waals surface area (Å²) in [6.07, 6.45) is 2.25. The smallest absolute Gasteiger partial charge is 0.435 e. The maximum absolute atomic E-state index is 14.4. The highest BCUT2D eigenvalue weighted by Gasteiger charge is 2.56. The van der Waals surface area contributed by atoms with Crippen LogP contribution in [0.3, 0.4) is 0 Å². The molecule has 2 aromatic heterocycles. The number of unbranched alkanes of at least 4 members (excludes halogenated alkanes) is 3. The number of nitrogen functional groups attached to an aromatic ring is 1. The Morgan fingerprint density at radius 2 is 1.76 bits per heavy atom. The predicted octanol–water partition coefficient (Wildman–Crippen LogP) is 3.74. The first-order chi connectivity index (χ1) is 24.2. The van der Waals surface area contributed by atoms with E-state index in [0.29, 0.717) is 24.1 Å². The van der Waals surface area contributed by atoms with Gasteiger partial charge >= 0.3 is 13.8 Å². The number of hydrogen-bond acceptors (Lipinski definition) is 14. The van der Waals surface area contributed by atoms with E-state index in [1.54, 1.807) is 39.2 Å². The van der Waals surface area contributed by atoms with Crippen molar-refractivity contribution in [1.29, 1.82) is 0 Å². The first-order valence-electron chi connectivity index (χ1n) is 17.1. The normalized spacial score (nSPS) is 23.0. The third kappa shape index (κ3) is 10.2. The largest absolute Gasteiger partial charge is 0.444 e. The molecule has 18 heteroatoms. The third-order valence-corrected chi connectivity index (χ3v) is 9.60. The van der Waals surface area contributed by atoms with Crippen LogP contribution in [0.1, 0.15) is 72.1 Å². The Morgan fingerprint density at radius 1 is 1.04 bits per heavy atom. The fourth-order valence-electron chi connectivity index (χ4n) is 5.85. The summed E-state index contributed by atoms with van der Waals surface area (Å²) in [7, 11) is -4.37. The van der Waals surface area contributed by atoms with Crippen LogP contribution in [0.5, 0.6) is 0 Å². The van der Waals surface area contributed by atoms with Gasteiger partial charge in [0.15, 0.2) is 23.5 Å². The van der Waals surface area contributed by atoms with Crippen molar-refractivity contribution in [2.75, 3.05) is 25.5 Å². The van der Waals surface area contributed by atoms with Gasteiger partial charge in [0, 0.05) is 6.42 Å². The van der Waals surface area contributed by atoms with E-state index >= 15 is 0 Å². The summed E-state index contributed by atoms with van der Waals surface area (Å²) in [5.74, 6) is -1.56. The molecule has 2 aliphatic rings. The number of alkyl carbamates (subject to hydrolysis) is 1. The molecule has 0 radical (unpaired) electrons. The molecule has 0 bridgehead atoms. The third-order valence-electron chi connectivity index (χ3n) is 8.09. The Kier molecular flexibility index (Phi) is 12.3.